The number of benzene rings is 1. The molecule has 0 amide bonds. The molecule has 0 atom stereocenters. The van der Waals surface area contributed by atoms with E-state index in [2.05, 4.69) is 14.8 Å². The molecule has 3 aromatic rings. The van der Waals surface area contributed by atoms with Crippen molar-refractivity contribution in [2.45, 2.75) is 38.8 Å². The summed E-state index contributed by atoms with van der Waals surface area (Å²) in [5.41, 5.74) is 2.27. The number of nitrogens with one attached hydrogen (secondary N) is 1. The molecule has 1 aromatic carbocycles. The molecule has 1 aliphatic heterocycles. The predicted octanol–water partition coefficient (Wildman–Crippen LogP) is 3.32. The molecule has 1 saturated heterocycles. The smallest absolute Gasteiger partial charge is 0.259 e. The lowest BCUT2D eigenvalue weighted by Gasteiger charge is -2.34. The fourth-order valence-corrected chi connectivity index (χ4v) is 5.78. The van der Waals surface area contributed by atoms with Crippen LogP contribution in [0.25, 0.3) is 10.2 Å². The van der Waals surface area contributed by atoms with Gasteiger partial charge in [0.05, 0.1) is 11.9 Å². The Hall–Kier alpha value is -2.09. The molecular formula is C22H25FN4OS. The number of aromatic amines is 1. The summed E-state index contributed by atoms with van der Waals surface area (Å²) in [5, 5.41) is 0.827. The highest BCUT2D eigenvalue weighted by Crippen LogP contribution is 2.33. The van der Waals surface area contributed by atoms with Crippen molar-refractivity contribution in [3.63, 3.8) is 0 Å². The lowest BCUT2D eigenvalue weighted by Crippen LogP contribution is -2.45. The number of H-pyrrole nitrogens is 1. The van der Waals surface area contributed by atoms with E-state index in [1.165, 1.54) is 29.3 Å². The quantitative estimate of drug-likeness (QED) is 0.714. The monoisotopic (exact) mass is 412 g/mol. The van der Waals surface area contributed by atoms with Gasteiger partial charge in [-0.15, -0.1) is 11.3 Å². The van der Waals surface area contributed by atoms with Crippen LogP contribution >= 0.6 is 11.3 Å². The summed E-state index contributed by atoms with van der Waals surface area (Å²) in [5.74, 6) is 0.585. The summed E-state index contributed by atoms with van der Waals surface area (Å²) < 4.78 is 13.4. The molecule has 2 aliphatic rings. The Kier molecular flexibility index (Phi) is 5.20. The van der Waals surface area contributed by atoms with E-state index in [9.17, 15) is 9.18 Å². The Morgan fingerprint density at radius 1 is 1.07 bits per heavy atom. The number of hydrogen-bond donors (Lipinski definition) is 1. The van der Waals surface area contributed by atoms with Gasteiger partial charge in [0.15, 0.2) is 0 Å². The molecule has 0 unspecified atom stereocenters. The first kappa shape index (κ1) is 18.9. The first-order valence-corrected chi connectivity index (χ1v) is 11.2. The van der Waals surface area contributed by atoms with Crippen molar-refractivity contribution >= 4 is 21.6 Å². The number of aromatic nitrogens is 2. The summed E-state index contributed by atoms with van der Waals surface area (Å²) in [6, 6.07) is 6.83. The van der Waals surface area contributed by atoms with Crippen molar-refractivity contribution in [3.8, 4) is 0 Å². The van der Waals surface area contributed by atoms with E-state index < -0.39 is 0 Å². The molecule has 5 rings (SSSR count). The van der Waals surface area contributed by atoms with Crippen molar-refractivity contribution in [1.29, 1.82) is 0 Å². The highest BCUT2D eigenvalue weighted by Gasteiger charge is 2.22. The summed E-state index contributed by atoms with van der Waals surface area (Å²) in [6.45, 7) is 5.12. The zero-order chi connectivity index (χ0) is 19.8. The van der Waals surface area contributed by atoms with E-state index in [-0.39, 0.29) is 11.4 Å². The van der Waals surface area contributed by atoms with Gasteiger partial charge in [-0.3, -0.25) is 14.6 Å². The number of aryl methyl sites for hydroxylation is 2. The van der Waals surface area contributed by atoms with Gasteiger partial charge in [-0.1, -0.05) is 12.1 Å². The molecule has 1 aliphatic carbocycles. The Labute approximate surface area is 173 Å². The second-order valence-electron chi connectivity index (χ2n) is 8.09. The van der Waals surface area contributed by atoms with Gasteiger partial charge in [0.1, 0.15) is 16.5 Å². The molecule has 3 heterocycles. The van der Waals surface area contributed by atoms with Crippen molar-refractivity contribution in [2.24, 2.45) is 0 Å². The third-order valence-electron chi connectivity index (χ3n) is 6.01. The fraction of sp³-hybridized carbons (Fsp3) is 0.455. The largest absolute Gasteiger partial charge is 0.309 e. The third kappa shape index (κ3) is 3.99. The molecule has 5 nitrogen and oxygen atoms in total. The highest BCUT2D eigenvalue weighted by molar-refractivity contribution is 7.18. The molecule has 0 saturated carbocycles. The number of thiophene rings is 1. The molecule has 0 radical (unpaired) electrons. The molecular weight excluding hydrogens is 387 g/mol. The van der Waals surface area contributed by atoms with Gasteiger partial charge in [-0.2, -0.15) is 0 Å². The van der Waals surface area contributed by atoms with Gasteiger partial charge in [0.25, 0.3) is 5.56 Å². The van der Waals surface area contributed by atoms with Crippen LogP contribution in [0.4, 0.5) is 4.39 Å². The van der Waals surface area contributed by atoms with Crippen molar-refractivity contribution in [1.82, 2.24) is 19.8 Å². The normalized spacial score (nSPS) is 18.2. The summed E-state index contributed by atoms with van der Waals surface area (Å²) in [4.78, 5) is 27.5. The average molecular weight is 413 g/mol. The first-order valence-electron chi connectivity index (χ1n) is 10.4. The number of fused-ring (bicyclic) bond motifs is 3. The maximum Gasteiger partial charge on any atom is 0.259 e. The Morgan fingerprint density at radius 3 is 2.62 bits per heavy atom. The maximum atomic E-state index is 13.4. The van der Waals surface area contributed by atoms with Crippen LogP contribution in [0, 0.1) is 5.82 Å². The van der Waals surface area contributed by atoms with Crippen LogP contribution in [0.5, 0.6) is 0 Å². The molecule has 1 fully saturated rings. The molecule has 152 valence electrons. The van der Waals surface area contributed by atoms with Gasteiger partial charge >= 0.3 is 0 Å². The van der Waals surface area contributed by atoms with E-state index in [0.717, 1.165) is 67.2 Å². The van der Waals surface area contributed by atoms with Crippen LogP contribution in [-0.2, 0) is 25.9 Å². The standard InChI is InChI=1S/C22H25FN4OS/c23-16-5-3-4-15(12-16)13-26-8-10-27(11-9-26)14-19-24-21(28)20-17-6-1-2-7-18(17)29-22(20)25-19/h3-5,12H,1-2,6-11,13-14H2,(H,24,25,28). The minimum atomic E-state index is -0.179. The first-order chi connectivity index (χ1) is 14.2. The fourth-order valence-electron chi connectivity index (χ4n) is 4.49. The topological polar surface area (TPSA) is 52.2 Å². The van der Waals surface area contributed by atoms with Crippen LogP contribution < -0.4 is 5.56 Å². The van der Waals surface area contributed by atoms with Crippen molar-refractivity contribution in [2.75, 3.05) is 26.2 Å². The number of hydrogen-bond acceptors (Lipinski definition) is 5. The number of piperazine rings is 1. The van der Waals surface area contributed by atoms with Gasteiger partial charge in [0.2, 0.25) is 0 Å². The highest BCUT2D eigenvalue weighted by atomic mass is 32.1. The summed E-state index contributed by atoms with van der Waals surface area (Å²) >= 11 is 1.70. The van der Waals surface area contributed by atoms with Crippen LogP contribution in [0.15, 0.2) is 29.1 Å². The minimum Gasteiger partial charge on any atom is -0.309 e. The molecule has 0 spiro atoms. The zero-order valence-electron chi connectivity index (χ0n) is 16.4. The SMILES string of the molecule is O=c1[nH]c(CN2CCN(Cc3cccc(F)c3)CC2)nc2sc3c(c12)CCCC3. The zero-order valence-corrected chi connectivity index (χ0v) is 17.2. The van der Waals surface area contributed by atoms with Crippen LogP contribution in [-0.4, -0.2) is 45.9 Å². The average Bonchev–Trinajstić information content (AvgIpc) is 3.08. The Morgan fingerprint density at radius 2 is 1.83 bits per heavy atom. The van der Waals surface area contributed by atoms with Crippen LogP contribution in [0.1, 0.15) is 34.7 Å². The molecule has 29 heavy (non-hydrogen) atoms. The minimum absolute atomic E-state index is 0.0224. The lowest BCUT2D eigenvalue weighted by atomic mass is 9.97. The summed E-state index contributed by atoms with van der Waals surface area (Å²) in [7, 11) is 0. The van der Waals surface area contributed by atoms with Gasteiger partial charge in [0, 0.05) is 37.6 Å². The van der Waals surface area contributed by atoms with Crippen LogP contribution in [0.2, 0.25) is 0 Å². The predicted molar refractivity (Wildman–Crippen MR) is 114 cm³/mol. The molecule has 2 aromatic heterocycles. The maximum absolute atomic E-state index is 13.4. The Balaban J connectivity index is 1.24. The summed E-state index contributed by atoms with van der Waals surface area (Å²) in [6.07, 6.45) is 4.47. The number of halogens is 1. The number of rotatable bonds is 4. The van der Waals surface area contributed by atoms with Crippen LogP contribution in [0.3, 0.4) is 0 Å². The van der Waals surface area contributed by atoms with Crippen molar-refractivity contribution in [3.05, 3.63) is 62.3 Å². The van der Waals surface area contributed by atoms with Gasteiger partial charge in [-0.25, -0.2) is 9.37 Å². The van der Waals surface area contributed by atoms with Crippen molar-refractivity contribution < 1.29 is 4.39 Å². The van der Waals surface area contributed by atoms with E-state index >= 15 is 0 Å². The Bertz CT molecular complexity index is 1080. The lowest BCUT2D eigenvalue weighted by molar-refractivity contribution is 0.120. The van der Waals surface area contributed by atoms with Gasteiger partial charge in [-0.05, 0) is 48.9 Å². The third-order valence-corrected chi connectivity index (χ3v) is 7.19. The van der Waals surface area contributed by atoms with E-state index in [1.54, 1.807) is 23.5 Å². The second-order valence-corrected chi connectivity index (χ2v) is 9.17. The second kappa shape index (κ2) is 7.97. The number of nitrogens with zero attached hydrogens (tertiary/aromatic N) is 3. The molecule has 7 heteroatoms. The molecule has 1 N–H and O–H groups in total. The molecule has 0 bridgehead atoms. The van der Waals surface area contributed by atoms with E-state index in [1.807, 2.05) is 6.07 Å². The van der Waals surface area contributed by atoms with E-state index in [4.69, 9.17) is 4.98 Å². The van der Waals surface area contributed by atoms with Gasteiger partial charge < -0.3 is 4.98 Å². The van der Waals surface area contributed by atoms with E-state index in [0.29, 0.717) is 6.54 Å².